The quantitative estimate of drug-likeness (QED) is 0.318. The number of hydrogen-bond donors (Lipinski definition) is 0. The van der Waals surface area contributed by atoms with Crippen LogP contribution in [0.15, 0.2) is 11.2 Å². The third-order valence-corrected chi connectivity index (χ3v) is 0.958. The van der Waals surface area contributed by atoms with Gasteiger partial charge in [-0.25, -0.2) is 4.58 Å². The van der Waals surface area contributed by atoms with E-state index in [0.29, 0.717) is 0 Å². The van der Waals surface area contributed by atoms with Gasteiger partial charge < -0.3 is 4.90 Å². The van der Waals surface area contributed by atoms with E-state index in [4.69, 9.17) is 11.6 Å². The summed E-state index contributed by atoms with van der Waals surface area (Å²) in [5.74, 6) is 0. The minimum absolute atomic E-state index is 0.731. The van der Waals surface area contributed by atoms with Crippen LogP contribution in [0.2, 0.25) is 0 Å². The van der Waals surface area contributed by atoms with E-state index in [-0.39, 0.29) is 0 Å². The summed E-state index contributed by atoms with van der Waals surface area (Å²) in [7, 11) is -2.91. The second-order valence-corrected chi connectivity index (χ2v) is 5.88. The molecule has 0 aromatic rings. The summed E-state index contributed by atoms with van der Waals surface area (Å²) < 4.78 is 61.1. The van der Waals surface area contributed by atoms with Crippen molar-refractivity contribution >= 4 is 25.6 Å². The van der Waals surface area contributed by atoms with Gasteiger partial charge in [0, 0.05) is 20.3 Å². The molecule has 0 N–H and O–H groups in total. The molecule has 0 aromatic heterocycles. The summed E-state index contributed by atoms with van der Waals surface area (Å²) in [6, 6.07) is 0. The van der Waals surface area contributed by atoms with Gasteiger partial charge in [0.05, 0.1) is 0 Å². The van der Waals surface area contributed by atoms with Gasteiger partial charge in [0.2, 0.25) is 0 Å². The fraction of sp³-hybridized carbons (Fsp3) is 0.571. The fourth-order valence-electron chi connectivity index (χ4n) is 0.527. The predicted octanol–water partition coefficient (Wildman–Crippen LogP) is 4.35. The van der Waals surface area contributed by atoms with Crippen molar-refractivity contribution in [3.63, 3.8) is 0 Å². The van der Waals surface area contributed by atoms with Gasteiger partial charge in [0.15, 0.2) is 6.21 Å². The first-order valence-electron chi connectivity index (χ1n) is 4.09. The van der Waals surface area contributed by atoms with Gasteiger partial charge in [0.1, 0.15) is 19.1 Å². The van der Waals surface area contributed by atoms with E-state index in [1.165, 1.54) is 0 Å². The van der Waals surface area contributed by atoms with Crippen molar-refractivity contribution in [1.82, 2.24) is 4.90 Å². The molecule has 0 unspecified atom stereocenters. The Hall–Kier alpha value is -0.490. The van der Waals surface area contributed by atoms with Crippen LogP contribution < -0.4 is 0 Å². The first kappa shape index (κ1) is 18.9. The number of rotatable bonds is 2. The van der Waals surface area contributed by atoms with E-state index >= 15 is 0 Å². The molecule has 17 heavy (non-hydrogen) atoms. The van der Waals surface area contributed by atoms with Gasteiger partial charge in [-0.2, -0.15) is 0 Å². The van der Waals surface area contributed by atoms with Gasteiger partial charge in [0.25, 0.3) is 0 Å². The number of hydrogen-bond acceptors (Lipinski definition) is 1. The molecule has 0 atom stereocenters. The molecule has 0 rings (SSSR count). The van der Waals surface area contributed by atoms with Crippen molar-refractivity contribution in [2.75, 3.05) is 28.2 Å². The molecular weight excluding hydrogens is 293 g/mol. The Morgan fingerprint density at radius 1 is 1.06 bits per heavy atom. The SMILES string of the molecule is CN(C)C=C(Cl)C=[N+](C)C.F[P-](F)(F)(F)(F)F. The first-order valence-corrected chi connectivity index (χ1v) is 6.49. The molecule has 0 bridgehead atoms. The molecule has 0 spiro atoms. The zero-order chi connectivity index (χ0) is 14.6. The summed E-state index contributed by atoms with van der Waals surface area (Å²) in [6.45, 7) is 0. The zero-order valence-electron chi connectivity index (χ0n) is 9.64. The summed E-state index contributed by atoms with van der Waals surface area (Å²) in [6.07, 6.45) is 3.70. The van der Waals surface area contributed by atoms with Gasteiger partial charge in [-0.1, -0.05) is 11.6 Å². The van der Waals surface area contributed by atoms with Crippen molar-refractivity contribution in [3.8, 4) is 0 Å². The molecule has 0 heterocycles. The zero-order valence-corrected chi connectivity index (χ0v) is 11.3. The standard InChI is InChI=1S/C7H14ClN2.F6P/c1-9(2)5-7(8)6-10(3)4;1-7(2,3,4,5)6/h5-6H,1-4H3;/q+1;-1. The minimum atomic E-state index is -10.7. The van der Waals surface area contributed by atoms with Crippen LogP contribution in [0, 0.1) is 0 Å². The maximum atomic E-state index is 9.87. The average Bonchev–Trinajstić information content (AvgIpc) is 1.72. The third kappa shape index (κ3) is 50.2. The Bertz CT molecular complexity index is 302. The summed E-state index contributed by atoms with van der Waals surface area (Å²) in [5.41, 5.74) is 0. The Kier molecular flexibility index (Phi) is 5.57. The predicted molar refractivity (Wildman–Crippen MR) is 59.4 cm³/mol. The van der Waals surface area contributed by atoms with Crippen molar-refractivity contribution < 1.29 is 29.8 Å². The Labute approximate surface area is 100 Å². The molecule has 0 aliphatic heterocycles. The van der Waals surface area contributed by atoms with Crippen LogP contribution >= 0.6 is 19.4 Å². The average molecular weight is 307 g/mol. The number of allylic oxidation sites excluding steroid dienone is 1. The molecule has 0 saturated heterocycles. The van der Waals surface area contributed by atoms with Crippen LogP contribution in [0.1, 0.15) is 0 Å². The van der Waals surface area contributed by atoms with E-state index < -0.39 is 7.81 Å². The summed E-state index contributed by atoms with van der Waals surface area (Å²) in [4.78, 5) is 1.91. The van der Waals surface area contributed by atoms with Crippen LogP contribution in [0.4, 0.5) is 25.2 Å². The monoisotopic (exact) mass is 306 g/mol. The molecular formula is C7H14ClF6N2P. The molecule has 0 radical (unpaired) electrons. The number of nitrogens with zero attached hydrogens (tertiary/aromatic N) is 2. The van der Waals surface area contributed by atoms with Crippen molar-refractivity contribution in [2.45, 2.75) is 0 Å². The van der Waals surface area contributed by atoms with Crippen molar-refractivity contribution in [2.24, 2.45) is 0 Å². The van der Waals surface area contributed by atoms with Crippen LogP contribution in [0.3, 0.4) is 0 Å². The molecule has 0 aromatic carbocycles. The molecule has 10 heteroatoms. The van der Waals surface area contributed by atoms with E-state index in [1.54, 1.807) is 0 Å². The van der Waals surface area contributed by atoms with Crippen LogP contribution in [0.5, 0.6) is 0 Å². The van der Waals surface area contributed by atoms with Crippen LogP contribution in [-0.4, -0.2) is 43.9 Å². The van der Waals surface area contributed by atoms with Crippen LogP contribution in [-0.2, 0) is 0 Å². The van der Waals surface area contributed by atoms with E-state index in [9.17, 15) is 25.2 Å². The van der Waals surface area contributed by atoms with Gasteiger partial charge >= 0.3 is 33.0 Å². The Morgan fingerprint density at radius 2 is 1.35 bits per heavy atom. The topological polar surface area (TPSA) is 6.25 Å². The Balaban J connectivity index is 0. The second-order valence-electron chi connectivity index (χ2n) is 3.53. The number of halogens is 7. The molecule has 0 amide bonds. The molecule has 0 fully saturated rings. The molecule has 0 aliphatic rings. The molecule has 106 valence electrons. The van der Waals surface area contributed by atoms with Crippen molar-refractivity contribution in [1.29, 1.82) is 0 Å². The normalized spacial score (nSPS) is 16.1. The van der Waals surface area contributed by atoms with Gasteiger partial charge in [-0.15, -0.1) is 0 Å². The van der Waals surface area contributed by atoms with E-state index in [0.717, 1.165) is 5.03 Å². The van der Waals surface area contributed by atoms with Crippen molar-refractivity contribution in [3.05, 3.63) is 11.2 Å². The van der Waals surface area contributed by atoms with E-state index in [1.807, 2.05) is 50.1 Å². The molecule has 0 aliphatic carbocycles. The Morgan fingerprint density at radius 3 is 1.53 bits per heavy atom. The fourth-order valence-corrected chi connectivity index (χ4v) is 0.917. The van der Waals surface area contributed by atoms with Crippen LogP contribution in [0.25, 0.3) is 0 Å². The second kappa shape index (κ2) is 5.02. The van der Waals surface area contributed by atoms with E-state index in [2.05, 4.69) is 0 Å². The molecule has 2 nitrogen and oxygen atoms in total. The third-order valence-electron chi connectivity index (χ3n) is 0.763. The molecule has 0 saturated carbocycles. The maximum absolute atomic E-state index is 10.7. The van der Waals surface area contributed by atoms with Gasteiger partial charge in [-0.05, 0) is 0 Å². The summed E-state index contributed by atoms with van der Waals surface area (Å²) in [5, 5.41) is 0.731. The first-order chi connectivity index (χ1) is 6.97. The summed E-state index contributed by atoms with van der Waals surface area (Å²) >= 11 is 5.79. The van der Waals surface area contributed by atoms with Gasteiger partial charge in [-0.3, -0.25) is 0 Å².